The molecule has 4 fully saturated rings. The number of hydrogen-bond acceptors (Lipinski definition) is 1. The smallest absolute Gasteiger partial charge is 0.0214 e. The van der Waals surface area contributed by atoms with E-state index in [2.05, 4.69) is 19.0 Å². The maximum Gasteiger partial charge on any atom is 0.0214 e. The van der Waals surface area contributed by atoms with E-state index in [1.165, 1.54) is 32.1 Å². The molecule has 0 aromatic rings. The Morgan fingerprint density at radius 3 is 2.23 bits per heavy atom. The van der Waals surface area contributed by atoms with Gasteiger partial charge in [0.15, 0.2) is 0 Å². The summed E-state index contributed by atoms with van der Waals surface area (Å²) in [6.45, 7) is 0. The van der Waals surface area contributed by atoms with Gasteiger partial charge >= 0.3 is 0 Å². The van der Waals surface area contributed by atoms with E-state index in [1.807, 2.05) is 5.92 Å². The molecule has 4 aliphatic rings. The molecule has 0 spiro atoms. The van der Waals surface area contributed by atoms with Crippen LogP contribution in [0.25, 0.3) is 0 Å². The van der Waals surface area contributed by atoms with Crippen molar-refractivity contribution in [3.8, 4) is 0 Å². The maximum atomic E-state index is 2.52. The first-order chi connectivity index (χ1) is 6.18. The molecule has 1 radical (unpaired) electrons. The highest BCUT2D eigenvalue weighted by Gasteiger charge is 2.51. The average Bonchev–Trinajstić information content (AvgIpc) is 2.00. The van der Waals surface area contributed by atoms with Crippen molar-refractivity contribution in [1.82, 2.24) is 4.90 Å². The second kappa shape index (κ2) is 2.50. The zero-order valence-corrected chi connectivity index (χ0v) is 8.84. The zero-order chi connectivity index (χ0) is 9.05. The SMILES string of the molecule is CN(C)C12C[C]3CC(CC(C3)C1)C2. The Labute approximate surface area is 81.5 Å². The summed E-state index contributed by atoms with van der Waals surface area (Å²) in [5.41, 5.74) is 0.597. The van der Waals surface area contributed by atoms with Crippen molar-refractivity contribution < 1.29 is 0 Å². The van der Waals surface area contributed by atoms with E-state index >= 15 is 0 Å². The lowest BCUT2D eigenvalue weighted by molar-refractivity contribution is -0.0215. The van der Waals surface area contributed by atoms with Gasteiger partial charge in [-0.15, -0.1) is 0 Å². The van der Waals surface area contributed by atoms with Crippen molar-refractivity contribution in [2.45, 2.75) is 44.1 Å². The first-order valence-corrected chi connectivity index (χ1v) is 5.69. The molecule has 13 heavy (non-hydrogen) atoms. The molecular formula is C12H20N. The zero-order valence-electron chi connectivity index (χ0n) is 8.84. The topological polar surface area (TPSA) is 3.24 Å². The van der Waals surface area contributed by atoms with Crippen LogP contribution in [0.4, 0.5) is 0 Å². The Kier molecular flexibility index (Phi) is 1.59. The van der Waals surface area contributed by atoms with Crippen molar-refractivity contribution in [2.24, 2.45) is 11.8 Å². The third kappa shape index (κ3) is 1.09. The van der Waals surface area contributed by atoms with Crippen molar-refractivity contribution in [3.05, 3.63) is 5.92 Å². The fraction of sp³-hybridized carbons (Fsp3) is 0.917. The van der Waals surface area contributed by atoms with Gasteiger partial charge in [-0.3, -0.25) is 0 Å². The Bertz CT molecular complexity index is 184. The minimum absolute atomic E-state index is 0.597. The molecule has 0 aliphatic heterocycles. The molecule has 0 amide bonds. The van der Waals surface area contributed by atoms with Gasteiger partial charge in [-0.05, 0) is 70.4 Å². The van der Waals surface area contributed by atoms with E-state index in [9.17, 15) is 0 Å². The van der Waals surface area contributed by atoms with Crippen LogP contribution in [0.3, 0.4) is 0 Å². The molecule has 4 aliphatic carbocycles. The van der Waals surface area contributed by atoms with E-state index in [1.54, 1.807) is 6.42 Å². The summed E-state index contributed by atoms with van der Waals surface area (Å²) < 4.78 is 0. The van der Waals surface area contributed by atoms with E-state index in [-0.39, 0.29) is 0 Å². The summed E-state index contributed by atoms with van der Waals surface area (Å²) in [4.78, 5) is 2.52. The fourth-order valence-corrected chi connectivity index (χ4v) is 4.28. The molecule has 4 bridgehead atoms. The third-order valence-corrected chi connectivity index (χ3v) is 4.69. The summed E-state index contributed by atoms with van der Waals surface area (Å²) in [6, 6.07) is 0. The lowest BCUT2D eigenvalue weighted by atomic mass is 9.52. The summed E-state index contributed by atoms with van der Waals surface area (Å²) in [6.07, 6.45) is 8.89. The standard InChI is InChI=1S/C12H20N/c1-13(2)12-6-9-3-10(7-12)5-11(4-9)8-12/h9-10H,3-8H2,1-2H3. The van der Waals surface area contributed by atoms with E-state index in [0.29, 0.717) is 5.54 Å². The predicted octanol–water partition coefficient (Wildman–Crippen LogP) is 2.48. The van der Waals surface area contributed by atoms with Crippen molar-refractivity contribution in [2.75, 3.05) is 14.1 Å². The van der Waals surface area contributed by atoms with Crippen LogP contribution in [0.2, 0.25) is 0 Å². The highest BCUT2D eigenvalue weighted by molar-refractivity contribution is 5.17. The van der Waals surface area contributed by atoms with Gasteiger partial charge in [-0.1, -0.05) is 0 Å². The maximum absolute atomic E-state index is 2.52. The first-order valence-electron chi connectivity index (χ1n) is 5.69. The van der Waals surface area contributed by atoms with Crippen LogP contribution < -0.4 is 0 Å². The molecule has 73 valence electrons. The molecule has 1 nitrogen and oxygen atoms in total. The largest absolute Gasteiger partial charge is 0.304 e. The lowest BCUT2D eigenvalue weighted by Gasteiger charge is -2.59. The predicted molar refractivity (Wildman–Crippen MR) is 54.3 cm³/mol. The highest BCUT2D eigenvalue weighted by Crippen LogP contribution is 2.58. The monoisotopic (exact) mass is 178 g/mol. The Morgan fingerprint density at radius 1 is 1.15 bits per heavy atom. The van der Waals surface area contributed by atoms with Gasteiger partial charge in [-0.2, -0.15) is 0 Å². The Hall–Kier alpha value is -0.0400. The average molecular weight is 178 g/mol. The van der Waals surface area contributed by atoms with Gasteiger partial charge in [0.05, 0.1) is 0 Å². The number of rotatable bonds is 1. The van der Waals surface area contributed by atoms with Crippen molar-refractivity contribution in [3.63, 3.8) is 0 Å². The third-order valence-electron chi connectivity index (χ3n) is 4.69. The van der Waals surface area contributed by atoms with Crippen LogP contribution in [-0.2, 0) is 0 Å². The molecule has 0 saturated heterocycles. The fourth-order valence-electron chi connectivity index (χ4n) is 4.28. The van der Waals surface area contributed by atoms with Crippen molar-refractivity contribution in [1.29, 1.82) is 0 Å². The minimum atomic E-state index is 0.597. The van der Waals surface area contributed by atoms with Crippen LogP contribution in [0.5, 0.6) is 0 Å². The Balaban J connectivity index is 1.91. The molecule has 2 atom stereocenters. The molecule has 0 heterocycles. The minimum Gasteiger partial charge on any atom is -0.304 e. The summed E-state index contributed by atoms with van der Waals surface area (Å²) >= 11 is 0. The van der Waals surface area contributed by atoms with Crippen LogP contribution >= 0.6 is 0 Å². The summed E-state index contributed by atoms with van der Waals surface area (Å²) in [5, 5.41) is 0. The number of hydrogen-bond donors (Lipinski definition) is 0. The van der Waals surface area contributed by atoms with Crippen LogP contribution in [0, 0.1) is 17.8 Å². The van der Waals surface area contributed by atoms with Crippen molar-refractivity contribution >= 4 is 0 Å². The normalized spacial score (nSPS) is 49.2. The molecule has 4 rings (SSSR count). The van der Waals surface area contributed by atoms with Gasteiger partial charge in [0.2, 0.25) is 0 Å². The second-order valence-corrected chi connectivity index (χ2v) is 5.83. The molecule has 0 aromatic heterocycles. The molecule has 4 saturated carbocycles. The molecule has 0 aromatic carbocycles. The molecular weight excluding hydrogens is 158 g/mol. The van der Waals surface area contributed by atoms with E-state index < -0.39 is 0 Å². The Morgan fingerprint density at radius 2 is 1.77 bits per heavy atom. The van der Waals surface area contributed by atoms with Gasteiger partial charge in [0, 0.05) is 5.54 Å². The van der Waals surface area contributed by atoms with E-state index in [4.69, 9.17) is 0 Å². The van der Waals surface area contributed by atoms with Crippen LogP contribution in [-0.4, -0.2) is 24.5 Å². The highest BCUT2D eigenvalue weighted by atomic mass is 15.2. The quantitative estimate of drug-likeness (QED) is 0.596. The summed E-state index contributed by atoms with van der Waals surface area (Å²) in [7, 11) is 4.57. The van der Waals surface area contributed by atoms with E-state index in [0.717, 1.165) is 11.8 Å². The summed E-state index contributed by atoms with van der Waals surface area (Å²) in [5.74, 6) is 4.00. The van der Waals surface area contributed by atoms with Gasteiger partial charge in [-0.25, -0.2) is 0 Å². The van der Waals surface area contributed by atoms with Gasteiger partial charge < -0.3 is 4.90 Å². The van der Waals surface area contributed by atoms with Gasteiger partial charge in [0.25, 0.3) is 0 Å². The molecule has 2 unspecified atom stereocenters. The van der Waals surface area contributed by atoms with Gasteiger partial charge in [0.1, 0.15) is 0 Å². The van der Waals surface area contributed by atoms with Crippen LogP contribution in [0.1, 0.15) is 38.5 Å². The lowest BCUT2D eigenvalue weighted by Crippen LogP contribution is -2.57. The number of nitrogens with zero attached hydrogens (tertiary/aromatic N) is 1. The molecule has 0 N–H and O–H groups in total. The second-order valence-electron chi connectivity index (χ2n) is 5.83. The van der Waals surface area contributed by atoms with Crippen LogP contribution in [0.15, 0.2) is 0 Å². The molecule has 1 heteroatoms. The first kappa shape index (κ1) is 8.28.